The van der Waals surface area contributed by atoms with Gasteiger partial charge in [0.25, 0.3) is 0 Å². The maximum Gasteiger partial charge on any atom is 0.133 e. The van der Waals surface area contributed by atoms with Crippen molar-refractivity contribution in [2.75, 3.05) is 7.11 Å². The van der Waals surface area contributed by atoms with E-state index in [-0.39, 0.29) is 5.78 Å². The van der Waals surface area contributed by atoms with Gasteiger partial charge in [-0.2, -0.15) is 0 Å². The van der Waals surface area contributed by atoms with Crippen LogP contribution in [0.25, 0.3) is 0 Å². The molecule has 0 radical (unpaired) electrons. The second-order valence-electron chi connectivity index (χ2n) is 4.78. The van der Waals surface area contributed by atoms with E-state index in [0.29, 0.717) is 41.4 Å². The molecule has 1 aromatic carbocycles. The Labute approximate surface area is 134 Å². The van der Waals surface area contributed by atoms with Crippen molar-refractivity contribution in [2.24, 2.45) is 5.16 Å². The first-order chi connectivity index (χ1) is 9.93. The fourth-order valence-electron chi connectivity index (χ4n) is 1.78. The Morgan fingerprint density at radius 3 is 2.57 bits per heavy atom. The summed E-state index contributed by atoms with van der Waals surface area (Å²) in [5.41, 5.74) is 1.41. The van der Waals surface area contributed by atoms with Crippen molar-refractivity contribution in [3.63, 3.8) is 0 Å². The van der Waals surface area contributed by atoms with Crippen molar-refractivity contribution in [3.05, 3.63) is 33.8 Å². The number of Topliss-reactive ketones (excluding diaryl/α,β-unsaturated/α-hetero) is 1. The van der Waals surface area contributed by atoms with Crippen LogP contribution in [0.15, 0.2) is 23.4 Å². The number of benzene rings is 1. The number of ketones is 1. The molecule has 4 nitrogen and oxygen atoms in total. The molecule has 0 aliphatic carbocycles. The Morgan fingerprint density at radius 2 is 2.00 bits per heavy atom. The van der Waals surface area contributed by atoms with Crippen LogP contribution in [0.4, 0.5) is 0 Å². The molecule has 0 heterocycles. The summed E-state index contributed by atoms with van der Waals surface area (Å²) < 4.78 is 0. The molecular weight excluding hydrogens is 313 g/mol. The molecule has 0 spiro atoms. The number of aliphatic hydroxyl groups excluding tert-OH is 1. The summed E-state index contributed by atoms with van der Waals surface area (Å²) in [6, 6.07) is 5.16. The first kappa shape index (κ1) is 18.0. The predicted molar refractivity (Wildman–Crippen MR) is 85.2 cm³/mol. The number of aliphatic hydroxyl groups is 1. The third-order valence-electron chi connectivity index (χ3n) is 2.94. The minimum Gasteiger partial charge on any atom is -0.399 e. The van der Waals surface area contributed by atoms with Crippen LogP contribution < -0.4 is 0 Å². The minimum absolute atomic E-state index is 0.0831. The first-order valence-electron chi connectivity index (χ1n) is 6.69. The van der Waals surface area contributed by atoms with E-state index in [1.54, 1.807) is 25.1 Å². The standard InChI is InChI=1S/C15H19Cl2NO3/c1-10(19)3-5-12(20)6-8-15(18-21-2)11-4-7-13(16)14(17)9-11/h4,7,9-10,19H,3,5-6,8H2,1-2H3. The molecule has 0 saturated carbocycles. The number of nitrogens with zero attached hydrogens (tertiary/aromatic N) is 1. The lowest BCUT2D eigenvalue weighted by Gasteiger charge is -2.07. The van der Waals surface area contributed by atoms with Crippen molar-refractivity contribution in [1.82, 2.24) is 0 Å². The summed E-state index contributed by atoms with van der Waals surface area (Å²) in [5, 5.41) is 14.0. The lowest BCUT2D eigenvalue weighted by atomic mass is 10.0. The fraction of sp³-hybridized carbons (Fsp3) is 0.467. The smallest absolute Gasteiger partial charge is 0.133 e. The van der Waals surface area contributed by atoms with Gasteiger partial charge in [-0.3, -0.25) is 4.79 Å². The lowest BCUT2D eigenvalue weighted by Crippen LogP contribution is -2.09. The van der Waals surface area contributed by atoms with E-state index < -0.39 is 6.10 Å². The SMILES string of the molecule is CON=C(CCC(=O)CCC(C)O)c1ccc(Cl)c(Cl)c1. The van der Waals surface area contributed by atoms with Crippen LogP contribution in [-0.2, 0) is 9.63 Å². The van der Waals surface area contributed by atoms with E-state index in [9.17, 15) is 9.90 Å². The van der Waals surface area contributed by atoms with E-state index in [2.05, 4.69) is 5.16 Å². The number of rotatable bonds is 8. The van der Waals surface area contributed by atoms with E-state index in [4.69, 9.17) is 28.0 Å². The van der Waals surface area contributed by atoms with Gasteiger partial charge < -0.3 is 9.94 Å². The van der Waals surface area contributed by atoms with Crippen molar-refractivity contribution in [1.29, 1.82) is 0 Å². The molecule has 1 rings (SSSR count). The molecule has 0 bridgehead atoms. The van der Waals surface area contributed by atoms with Gasteiger partial charge >= 0.3 is 0 Å². The number of oxime groups is 1. The summed E-state index contributed by atoms with van der Waals surface area (Å²) >= 11 is 11.9. The Kier molecular flexibility index (Phi) is 7.72. The molecule has 116 valence electrons. The van der Waals surface area contributed by atoms with Crippen LogP contribution in [0.2, 0.25) is 10.0 Å². The van der Waals surface area contributed by atoms with Crippen LogP contribution in [0.3, 0.4) is 0 Å². The molecule has 0 amide bonds. The normalized spacial score (nSPS) is 13.1. The summed E-state index contributed by atoms with van der Waals surface area (Å²) in [4.78, 5) is 16.6. The van der Waals surface area contributed by atoms with Crippen LogP contribution >= 0.6 is 23.2 Å². The van der Waals surface area contributed by atoms with Gasteiger partial charge in [-0.05, 0) is 25.5 Å². The van der Waals surface area contributed by atoms with Crippen LogP contribution in [-0.4, -0.2) is 29.8 Å². The summed E-state index contributed by atoms with van der Waals surface area (Å²) in [7, 11) is 1.45. The number of carbonyl (C=O) groups is 1. The quantitative estimate of drug-likeness (QED) is 0.581. The summed E-state index contributed by atoms with van der Waals surface area (Å²) in [6.07, 6.45) is 1.16. The molecular formula is C15H19Cl2NO3. The molecule has 1 N–H and O–H groups in total. The Morgan fingerprint density at radius 1 is 1.29 bits per heavy atom. The van der Waals surface area contributed by atoms with Crippen LogP contribution in [0.5, 0.6) is 0 Å². The average Bonchev–Trinajstić information content (AvgIpc) is 2.44. The number of hydrogen-bond donors (Lipinski definition) is 1. The van der Waals surface area contributed by atoms with E-state index in [1.807, 2.05) is 0 Å². The van der Waals surface area contributed by atoms with Gasteiger partial charge in [-0.1, -0.05) is 34.4 Å². The van der Waals surface area contributed by atoms with Gasteiger partial charge in [0.05, 0.1) is 21.9 Å². The molecule has 1 atom stereocenters. The van der Waals surface area contributed by atoms with Gasteiger partial charge in [0, 0.05) is 24.8 Å². The maximum absolute atomic E-state index is 11.8. The van der Waals surface area contributed by atoms with E-state index >= 15 is 0 Å². The van der Waals surface area contributed by atoms with Gasteiger partial charge in [-0.15, -0.1) is 0 Å². The third-order valence-corrected chi connectivity index (χ3v) is 3.67. The first-order valence-corrected chi connectivity index (χ1v) is 7.44. The van der Waals surface area contributed by atoms with Crippen LogP contribution in [0.1, 0.15) is 38.2 Å². The van der Waals surface area contributed by atoms with E-state index in [0.717, 1.165) is 5.56 Å². The van der Waals surface area contributed by atoms with Crippen LogP contribution in [0, 0.1) is 0 Å². The highest BCUT2D eigenvalue weighted by Crippen LogP contribution is 2.23. The molecule has 1 aromatic rings. The molecule has 21 heavy (non-hydrogen) atoms. The zero-order valence-corrected chi connectivity index (χ0v) is 13.6. The summed E-state index contributed by atoms with van der Waals surface area (Å²) in [5.74, 6) is 0.0831. The van der Waals surface area contributed by atoms with Crippen molar-refractivity contribution in [2.45, 2.75) is 38.7 Å². The Balaban J connectivity index is 2.68. The van der Waals surface area contributed by atoms with E-state index in [1.165, 1.54) is 7.11 Å². The van der Waals surface area contributed by atoms with Gasteiger partial charge in [0.2, 0.25) is 0 Å². The van der Waals surface area contributed by atoms with Crippen molar-refractivity contribution >= 4 is 34.7 Å². The third kappa shape index (κ3) is 6.46. The zero-order chi connectivity index (χ0) is 15.8. The zero-order valence-electron chi connectivity index (χ0n) is 12.1. The average molecular weight is 332 g/mol. The topological polar surface area (TPSA) is 58.9 Å². The molecule has 0 aliphatic rings. The Hall–Kier alpha value is -1.10. The molecule has 0 aliphatic heterocycles. The highest BCUT2D eigenvalue weighted by molar-refractivity contribution is 6.42. The minimum atomic E-state index is -0.462. The van der Waals surface area contributed by atoms with Crippen molar-refractivity contribution < 1.29 is 14.7 Å². The number of carbonyl (C=O) groups excluding carboxylic acids is 1. The Bertz CT molecular complexity index is 516. The largest absolute Gasteiger partial charge is 0.399 e. The second-order valence-corrected chi connectivity index (χ2v) is 5.59. The summed E-state index contributed by atoms with van der Waals surface area (Å²) in [6.45, 7) is 1.67. The second kappa shape index (κ2) is 9.03. The highest BCUT2D eigenvalue weighted by Gasteiger charge is 2.11. The van der Waals surface area contributed by atoms with Gasteiger partial charge in [0.15, 0.2) is 0 Å². The van der Waals surface area contributed by atoms with Crippen molar-refractivity contribution in [3.8, 4) is 0 Å². The lowest BCUT2D eigenvalue weighted by molar-refractivity contribution is -0.119. The number of halogens is 2. The predicted octanol–water partition coefficient (Wildman–Crippen LogP) is 3.85. The number of hydrogen-bond acceptors (Lipinski definition) is 4. The highest BCUT2D eigenvalue weighted by atomic mass is 35.5. The fourth-order valence-corrected chi connectivity index (χ4v) is 2.08. The molecule has 0 saturated heterocycles. The van der Waals surface area contributed by atoms with Gasteiger partial charge in [0.1, 0.15) is 12.9 Å². The molecule has 0 aromatic heterocycles. The van der Waals surface area contributed by atoms with Gasteiger partial charge in [-0.25, -0.2) is 0 Å². The molecule has 0 fully saturated rings. The molecule has 1 unspecified atom stereocenters. The maximum atomic E-state index is 11.8. The molecule has 6 heteroatoms. The monoisotopic (exact) mass is 331 g/mol.